The number of hydrogen-bond donors (Lipinski definition) is 2. The molecule has 0 saturated heterocycles. The summed E-state index contributed by atoms with van der Waals surface area (Å²) in [6.45, 7) is 3.80. The van der Waals surface area contributed by atoms with Crippen molar-refractivity contribution in [2.45, 2.75) is 26.3 Å². The molecule has 0 aliphatic heterocycles. The first-order valence-electron chi connectivity index (χ1n) is 8.18. The van der Waals surface area contributed by atoms with E-state index < -0.39 is 5.82 Å². The Morgan fingerprint density at radius 2 is 2.04 bits per heavy atom. The molecular weight excluding hydrogens is 319 g/mol. The normalized spacial score (nSPS) is 12.2. The summed E-state index contributed by atoms with van der Waals surface area (Å²) in [5, 5.41) is 3.98. The number of carbonyl (C=O) groups excluding carboxylic acids is 1. The number of benzene rings is 2. The molecule has 0 aliphatic carbocycles. The third-order valence-electron chi connectivity index (χ3n) is 4.42. The van der Waals surface area contributed by atoms with E-state index in [4.69, 9.17) is 4.74 Å². The Morgan fingerprint density at radius 3 is 2.76 bits per heavy atom. The highest BCUT2D eigenvalue weighted by molar-refractivity contribution is 5.90. The third-order valence-corrected chi connectivity index (χ3v) is 4.42. The molecule has 2 aromatic carbocycles. The fourth-order valence-corrected chi connectivity index (χ4v) is 3.05. The number of halogens is 1. The molecule has 0 aliphatic rings. The minimum absolute atomic E-state index is 0.100. The van der Waals surface area contributed by atoms with Crippen LogP contribution in [0.5, 0.6) is 5.75 Å². The van der Waals surface area contributed by atoms with E-state index >= 15 is 0 Å². The molecule has 4 nitrogen and oxygen atoms in total. The van der Waals surface area contributed by atoms with Crippen molar-refractivity contribution >= 4 is 16.8 Å². The largest absolute Gasteiger partial charge is 0.494 e. The van der Waals surface area contributed by atoms with Gasteiger partial charge in [0.15, 0.2) is 11.6 Å². The van der Waals surface area contributed by atoms with E-state index in [0.717, 1.165) is 22.2 Å². The predicted octanol–water partition coefficient (Wildman–Crippen LogP) is 4.04. The maximum atomic E-state index is 13.8. The molecule has 0 fully saturated rings. The van der Waals surface area contributed by atoms with Crippen molar-refractivity contribution in [2.24, 2.45) is 0 Å². The third kappa shape index (κ3) is 3.50. The average molecular weight is 340 g/mol. The average Bonchev–Trinajstić information content (AvgIpc) is 2.90. The summed E-state index contributed by atoms with van der Waals surface area (Å²) in [5.41, 5.74) is 3.69. The summed E-state index contributed by atoms with van der Waals surface area (Å²) in [4.78, 5) is 15.7. The van der Waals surface area contributed by atoms with Crippen LogP contribution in [0.15, 0.2) is 42.5 Å². The Balaban J connectivity index is 1.73. The van der Waals surface area contributed by atoms with Crippen LogP contribution < -0.4 is 10.1 Å². The number of carbonyl (C=O) groups is 1. The first kappa shape index (κ1) is 17.0. The minimum Gasteiger partial charge on any atom is -0.494 e. The highest BCUT2D eigenvalue weighted by Crippen LogP contribution is 2.24. The van der Waals surface area contributed by atoms with Gasteiger partial charge < -0.3 is 15.0 Å². The molecule has 1 unspecified atom stereocenters. The second kappa shape index (κ2) is 6.97. The van der Waals surface area contributed by atoms with Crippen LogP contribution in [0.25, 0.3) is 10.9 Å². The fraction of sp³-hybridized carbons (Fsp3) is 0.250. The number of methoxy groups -OCH3 is 1. The lowest BCUT2D eigenvalue weighted by atomic mass is 10.1. The molecule has 1 amide bonds. The number of para-hydroxylation sites is 1. The molecule has 130 valence electrons. The number of fused-ring (bicyclic) bond motifs is 1. The Labute approximate surface area is 146 Å². The second-order valence-electron chi connectivity index (χ2n) is 6.13. The number of hydrogen-bond acceptors (Lipinski definition) is 2. The Hall–Kier alpha value is -2.82. The Morgan fingerprint density at radius 1 is 1.28 bits per heavy atom. The first-order valence-corrected chi connectivity index (χ1v) is 8.18. The van der Waals surface area contributed by atoms with Crippen LogP contribution in [0.3, 0.4) is 0 Å². The Bertz CT molecular complexity index is 917. The minimum atomic E-state index is -0.437. The van der Waals surface area contributed by atoms with E-state index in [1.165, 1.54) is 13.2 Å². The van der Waals surface area contributed by atoms with E-state index in [1.807, 2.05) is 38.1 Å². The number of aryl methyl sites for hydroxylation is 1. The first-order chi connectivity index (χ1) is 12.0. The van der Waals surface area contributed by atoms with Gasteiger partial charge in [0.2, 0.25) is 5.91 Å². The van der Waals surface area contributed by atoms with E-state index in [9.17, 15) is 9.18 Å². The molecule has 0 spiro atoms. The molecule has 0 radical (unpaired) electrons. The van der Waals surface area contributed by atoms with Gasteiger partial charge in [-0.3, -0.25) is 4.79 Å². The van der Waals surface area contributed by atoms with Crippen LogP contribution in [-0.4, -0.2) is 18.0 Å². The van der Waals surface area contributed by atoms with Gasteiger partial charge in [0.1, 0.15) is 0 Å². The molecule has 0 saturated carbocycles. The van der Waals surface area contributed by atoms with Crippen LogP contribution in [0.2, 0.25) is 0 Å². The molecule has 1 atom stereocenters. The number of rotatable bonds is 5. The monoisotopic (exact) mass is 340 g/mol. The summed E-state index contributed by atoms with van der Waals surface area (Å²) in [6.07, 6.45) is 0.277. The number of aromatic amines is 1. The highest BCUT2D eigenvalue weighted by atomic mass is 19.1. The van der Waals surface area contributed by atoms with Crippen LogP contribution in [0.1, 0.15) is 29.8 Å². The van der Waals surface area contributed by atoms with E-state index in [-0.39, 0.29) is 24.1 Å². The molecule has 5 heteroatoms. The molecule has 0 bridgehead atoms. The highest BCUT2D eigenvalue weighted by Gasteiger charge is 2.16. The number of nitrogens with one attached hydrogen (secondary N) is 2. The lowest BCUT2D eigenvalue weighted by molar-refractivity contribution is -0.121. The Kier molecular flexibility index (Phi) is 4.74. The summed E-state index contributed by atoms with van der Waals surface area (Å²) < 4.78 is 18.8. The number of ether oxygens (including phenoxy) is 1. The van der Waals surface area contributed by atoms with Crippen molar-refractivity contribution in [2.75, 3.05) is 7.11 Å². The lowest BCUT2D eigenvalue weighted by Crippen LogP contribution is -2.28. The van der Waals surface area contributed by atoms with Gasteiger partial charge >= 0.3 is 0 Å². The zero-order valence-electron chi connectivity index (χ0n) is 14.5. The molecule has 1 heterocycles. The van der Waals surface area contributed by atoms with Gasteiger partial charge in [-0.2, -0.15) is 0 Å². The second-order valence-corrected chi connectivity index (χ2v) is 6.13. The molecule has 2 N–H and O–H groups in total. The van der Waals surface area contributed by atoms with Gasteiger partial charge in [-0.1, -0.05) is 24.3 Å². The maximum absolute atomic E-state index is 13.8. The SMILES string of the molecule is COc1ccc(C(C)NC(=O)Cc2c(C)[nH]c3ccccc23)cc1F. The van der Waals surface area contributed by atoms with Gasteiger partial charge in [-0.05, 0) is 43.2 Å². The topological polar surface area (TPSA) is 54.1 Å². The number of H-pyrrole nitrogens is 1. The van der Waals surface area contributed by atoms with Crippen molar-refractivity contribution in [3.05, 3.63) is 65.1 Å². The zero-order chi connectivity index (χ0) is 18.0. The molecular formula is C20H21FN2O2. The van der Waals surface area contributed by atoms with Crippen molar-refractivity contribution in [3.8, 4) is 5.75 Å². The van der Waals surface area contributed by atoms with Crippen LogP contribution in [0, 0.1) is 12.7 Å². The molecule has 1 aromatic heterocycles. The van der Waals surface area contributed by atoms with Crippen LogP contribution in [-0.2, 0) is 11.2 Å². The molecule has 3 rings (SSSR count). The summed E-state index contributed by atoms with van der Waals surface area (Å²) in [7, 11) is 1.42. The fourth-order valence-electron chi connectivity index (χ4n) is 3.05. The number of amides is 1. The van der Waals surface area contributed by atoms with Gasteiger partial charge in [0.25, 0.3) is 0 Å². The van der Waals surface area contributed by atoms with Gasteiger partial charge in [0, 0.05) is 16.6 Å². The van der Waals surface area contributed by atoms with E-state index in [1.54, 1.807) is 12.1 Å². The maximum Gasteiger partial charge on any atom is 0.224 e. The summed E-state index contributed by atoms with van der Waals surface area (Å²) in [6, 6.07) is 12.3. The summed E-state index contributed by atoms with van der Waals surface area (Å²) in [5.74, 6) is -0.346. The zero-order valence-corrected chi connectivity index (χ0v) is 14.5. The predicted molar refractivity (Wildman–Crippen MR) is 96.2 cm³/mol. The smallest absolute Gasteiger partial charge is 0.224 e. The summed E-state index contributed by atoms with van der Waals surface area (Å²) >= 11 is 0. The van der Waals surface area contributed by atoms with Crippen molar-refractivity contribution in [3.63, 3.8) is 0 Å². The van der Waals surface area contributed by atoms with Crippen molar-refractivity contribution in [1.29, 1.82) is 0 Å². The lowest BCUT2D eigenvalue weighted by Gasteiger charge is -2.15. The quantitative estimate of drug-likeness (QED) is 0.736. The van der Waals surface area contributed by atoms with Crippen molar-refractivity contribution in [1.82, 2.24) is 10.3 Å². The van der Waals surface area contributed by atoms with Gasteiger partial charge in [-0.15, -0.1) is 0 Å². The van der Waals surface area contributed by atoms with Crippen molar-refractivity contribution < 1.29 is 13.9 Å². The van der Waals surface area contributed by atoms with E-state index in [2.05, 4.69) is 10.3 Å². The molecule has 3 aromatic rings. The van der Waals surface area contributed by atoms with Crippen LogP contribution >= 0.6 is 0 Å². The molecule has 25 heavy (non-hydrogen) atoms. The van der Waals surface area contributed by atoms with Gasteiger partial charge in [-0.25, -0.2) is 4.39 Å². The standard InChI is InChI=1S/C20H21FN2O2/c1-12(14-8-9-19(25-3)17(21)10-14)23-20(24)11-16-13(2)22-18-7-5-4-6-15(16)18/h4-10,12,22H,11H2,1-3H3,(H,23,24). The van der Waals surface area contributed by atoms with Crippen LogP contribution in [0.4, 0.5) is 4.39 Å². The van der Waals surface area contributed by atoms with Gasteiger partial charge in [0.05, 0.1) is 19.6 Å². The van der Waals surface area contributed by atoms with E-state index in [0.29, 0.717) is 5.56 Å². The number of aromatic nitrogens is 1.